The predicted octanol–water partition coefficient (Wildman–Crippen LogP) is 3.50. The van der Waals surface area contributed by atoms with Crippen LogP contribution in [0.25, 0.3) is 10.8 Å². The fraction of sp³-hybridized carbons (Fsp3) is 0.0714. The first-order valence-corrected chi connectivity index (χ1v) is 5.54. The van der Waals surface area contributed by atoms with Gasteiger partial charge in [-0.1, -0.05) is 18.7 Å². The van der Waals surface area contributed by atoms with Gasteiger partial charge in [0.2, 0.25) is 0 Å². The van der Waals surface area contributed by atoms with Crippen LogP contribution in [0.3, 0.4) is 0 Å². The molecule has 5 heteroatoms. The molecule has 0 unspecified atom stereocenters. The Hall–Kier alpha value is -2.69. The van der Waals surface area contributed by atoms with E-state index in [1.807, 2.05) is 0 Å². The molecule has 0 amide bonds. The van der Waals surface area contributed by atoms with Gasteiger partial charge in [-0.25, -0.2) is 4.79 Å². The first kappa shape index (κ1) is 12.8. The molecular weight excluding hydrogens is 246 g/mol. The molecule has 0 aromatic heterocycles. The molecule has 2 aromatic carbocycles. The summed E-state index contributed by atoms with van der Waals surface area (Å²) in [6, 6.07) is 7.84. The Labute approximate surface area is 109 Å². The molecular formula is C14H11NO4. The number of nitrogens with zero attached hydrogens (tertiary/aromatic N) is 1. The maximum Gasteiger partial charge on any atom is 0.339 e. The number of hydrogen-bond donors (Lipinski definition) is 1. The number of carbonyl (C=O) groups is 1. The first-order valence-electron chi connectivity index (χ1n) is 5.54. The Morgan fingerprint density at radius 2 is 2.11 bits per heavy atom. The largest absolute Gasteiger partial charge is 0.489 e. The van der Waals surface area contributed by atoms with Crippen molar-refractivity contribution in [2.24, 2.45) is 5.18 Å². The van der Waals surface area contributed by atoms with E-state index in [0.717, 1.165) is 0 Å². The van der Waals surface area contributed by atoms with Crippen molar-refractivity contribution < 1.29 is 14.6 Å². The first-order chi connectivity index (χ1) is 9.15. The fourth-order valence-electron chi connectivity index (χ4n) is 1.76. The van der Waals surface area contributed by atoms with Gasteiger partial charge in [-0.2, -0.15) is 0 Å². The molecule has 1 N–H and O–H groups in total. The van der Waals surface area contributed by atoms with E-state index in [2.05, 4.69) is 11.8 Å². The van der Waals surface area contributed by atoms with Gasteiger partial charge in [-0.05, 0) is 40.2 Å². The Morgan fingerprint density at radius 3 is 2.74 bits per heavy atom. The zero-order chi connectivity index (χ0) is 13.8. The molecule has 0 saturated carbocycles. The summed E-state index contributed by atoms with van der Waals surface area (Å²) in [5, 5.41) is 13.4. The summed E-state index contributed by atoms with van der Waals surface area (Å²) < 4.78 is 5.32. The number of ether oxygens (including phenoxy) is 1. The number of hydrogen-bond acceptors (Lipinski definition) is 4. The van der Waals surface area contributed by atoms with Gasteiger partial charge in [-0.3, -0.25) is 0 Å². The van der Waals surface area contributed by atoms with E-state index in [0.29, 0.717) is 10.8 Å². The van der Waals surface area contributed by atoms with Gasteiger partial charge in [0, 0.05) is 0 Å². The lowest BCUT2D eigenvalue weighted by Crippen LogP contribution is -2.03. The van der Waals surface area contributed by atoms with Crippen molar-refractivity contribution in [1.29, 1.82) is 0 Å². The maximum absolute atomic E-state index is 11.2. The Morgan fingerprint density at radius 1 is 1.32 bits per heavy atom. The molecule has 0 aliphatic carbocycles. The van der Waals surface area contributed by atoms with E-state index in [4.69, 9.17) is 9.84 Å². The average molecular weight is 257 g/mol. The van der Waals surface area contributed by atoms with Crippen LogP contribution in [-0.2, 0) is 0 Å². The van der Waals surface area contributed by atoms with E-state index < -0.39 is 5.97 Å². The smallest absolute Gasteiger partial charge is 0.339 e. The van der Waals surface area contributed by atoms with E-state index in [1.165, 1.54) is 18.2 Å². The topological polar surface area (TPSA) is 76.0 Å². The quantitative estimate of drug-likeness (QED) is 0.657. The Bertz CT molecular complexity index is 664. The predicted molar refractivity (Wildman–Crippen MR) is 72.1 cm³/mol. The van der Waals surface area contributed by atoms with E-state index in [1.54, 1.807) is 18.2 Å². The van der Waals surface area contributed by atoms with Gasteiger partial charge in [0.15, 0.2) is 0 Å². The van der Waals surface area contributed by atoms with Crippen molar-refractivity contribution in [3.05, 3.63) is 53.5 Å². The molecule has 2 aromatic rings. The van der Waals surface area contributed by atoms with Crippen LogP contribution in [0.15, 0.2) is 48.2 Å². The molecule has 19 heavy (non-hydrogen) atoms. The third kappa shape index (κ3) is 2.60. The number of rotatable bonds is 5. The monoisotopic (exact) mass is 257 g/mol. The van der Waals surface area contributed by atoms with Crippen LogP contribution in [0.1, 0.15) is 10.4 Å². The zero-order valence-electron chi connectivity index (χ0n) is 10.00. The van der Waals surface area contributed by atoms with Crippen molar-refractivity contribution in [2.75, 3.05) is 6.61 Å². The van der Waals surface area contributed by atoms with Crippen molar-refractivity contribution in [3.8, 4) is 5.75 Å². The molecule has 0 spiro atoms. The highest BCUT2D eigenvalue weighted by atomic mass is 16.5. The number of carboxylic acid groups (broad SMARTS) is 1. The molecule has 2 rings (SSSR count). The van der Waals surface area contributed by atoms with Crippen molar-refractivity contribution in [1.82, 2.24) is 0 Å². The van der Waals surface area contributed by atoms with Crippen LogP contribution in [0.2, 0.25) is 0 Å². The minimum absolute atomic E-state index is 0.0705. The van der Waals surface area contributed by atoms with Gasteiger partial charge in [0.05, 0.1) is 0 Å². The zero-order valence-corrected chi connectivity index (χ0v) is 10.00. The highest BCUT2D eigenvalue weighted by Crippen LogP contribution is 2.29. The molecule has 5 nitrogen and oxygen atoms in total. The Kier molecular flexibility index (Phi) is 3.56. The van der Waals surface area contributed by atoms with Crippen LogP contribution in [-0.4, -0.2) is 17.7 Å². The molecule has 0 aliphatic rings. The second-order valence-corrected chi connectivity index (χ2v) is 3.88. The summed E-state index contributed by atoms with van der Waals surface area (Å²) in [5.74, 6) is -0.832. The number of carboxylic acids is 1. The molecule has 0 radical (unpaired) electrons. The molecule has 0 fully saturated rings. The van der Waals surface area contributed by atoms with Gasteiger partial charge < -0.3 is 9.84 Å². The van der Waals surface area contributed by atoms with Crippen molar-refractivity contribution >= 4 is 22.4 Å². The molecule has 0 bridgehead atoms. The number of fused-ring (bicyclic) bond motifs is 1. The summed E-state index contributed by atoms with van der Waals surface area (Å²) in [5.41, 5.74) is 0.353. The fourth-order valence-corrected chi connectivity index (χ4v) is 1.76. The normalized spacial score (nSPS) is 10.1. The molecule has 0 saturated heterocycles. The maximum atomic E-state index is 11.2. The lowest BCUT2D eigenvalue weighted by atomic mass is 10.1. The minimum atomic E-state index is -1.07. The van der Waals surface area contributed by atoms with Gasteiger partial charge >= 0.3 is 5.97 Å². The van der Waals surface area contributed by atoms with Crippen molar-refractivity contribution in [3.63, 3.8) is 0 Å². The minimum Gasteiger partial charge on any atom is -0.489 e. The number of benzene rings is 2. The Balaban J connectivity index is 2.61. The van der Waals surface area contributed by atoms with Crippen LogP contribution in [0.5, 0.6) is 5.75 Å². The average Bonchev–Trinajstić information content (AvgIpc) is 2.43. The van der Waals surface area contributed by atoms with Gasteiger partial charge in [-0.15, -0.1) is 4.91 Å². The number of aromatic carboxylic acids is 1. The van der Waals surface area contributed by atoms with Crippen LogP contribution < -0.4 is 4.74 Å². The van der Waals surface area contributed by atoms with E-state index in [-0.39, 0.29) is 23.6 Å². The molecule has 0 atom stereocenters. The second-order valence-electron chi connectivity index (χ2n) is 3.88. The van der Waals surface area contributed by atoms with Crippen LogP contribution in [0.4, 0.5) is 5.69 Å². The summed E-state index contributed by atoms with van der Waals surface area (Å²) in [6.07, 6.45) is 1.53. The lowest BCUT2D eigenvalue weighted by Gasteiger charge is -2.09. The third-order valence-corrected chi connectivity index (χ3v) is 2.61. The summed E-state index contributed by atoms with van der Waals surface area (Å²) in [6.45, 7) is 3.72. The van der Waals surface area contributed by atoms with Crippen molar-refractivity contribution in [2.45, 2.75) is 0 Å². The number of nitroso groups, excluding NO2 is 1. The lowest BCUT2D eigenvalue weighted by molar-refractivity contribution is 0.0693. The summed E-state index contributed by atoms with van der Waals surface area (Å²) >= 11 is 0. The summed E-state index contributed by atoms with van der Waals surface area (Å²) in [4.78, 5) is 21.7. The molecule has 0 aliphatic heterocycles. The molecule has 96 valence electrons. The molecule has 0 heterocycles. The third-order valence-electron chi connectivity index (χ3n) is 2.61. The van der Waals surface area contributed by atoms with Gasteiger partial charge in [0.25, 0.3) is 0 Å². The summed E-state index contributed by atoms with van der Waals surface area (Å²) in [7, 11) is 0. The van der Waals surface area contributed by atoms with E-state index >= 15 is 0 Å². The highest BCUT2D eigenvalue weighted by molar-refractivity contribution is 5.98. The van der Waals surface area contributed by atoms with Crippen LogP contribution in [0, 0.1) is 4.91 Å². The van der Waals surface area contributed by atoms with E-state index in [9.17, 15) is 9.70 Å². The highest BCUT2D eigenvalue weighted by Gasteiger charge is 2.13. The van der Waals surface area contributed by atoms with Crippen LogP contribution >= 0.6 is 0 Å². The SMILES string of the molecule is C=CCOc1cc2cc(N=O)ccc2cc1C(=O)O. The standard InChI is InChI=1S/C14H11NO4/c1-2-5-19-13-8-10-6-11(15-18)4-3-9(10)7-12(13)14(16)17/h2-4,6-8H,1,5H2,(H,16,17). The second kappa shape index (κ2) is 5.30. The van der Waals surface area contributed by atoms with Gasteiger partial charge in [0.1, 0.15) is 23.6 Å².